The fourth-order valence-electron chi connectivity index (χ4n) is 4.99. The van der Waals surface area contributed by atoms with E-state index in [2.05, 4.69) is 31.0 Å². The van der Waals surface area contributed by atoms with Crippen LogP contribution in [0.15, 0.2) is 0 Å². The number of nitrogens with one attached hydrogen (secondary N) is 1. The van der Waals surface area contributed by atoms with Gasteiger partial charge in [-0.2, -0.15) is 0 Å². The SMILES string of the molecule is CC1CCN(C(=O)C2NCCCC2(C)C)C2CCCCC12. The van der Waals surface area contributed by atoms with Crippen molar-refractivity contribution in [1.29, 1.82) is 0 Å². The molecule has 4 unspecified atom stereocenters. The lowest BCUT2D eigenvalue weighted by molar-refractivity contribution is -0.145. The molecule has 120 valence electrons. The molecule has 0 aromatic carbocycles. The number of carbonyl (C=O) groups excluding carboxylic acids is 1. The van der Waals surface area contributed by atoms with Crippen molar-refractivity contribution in [2.75, 3.05) is 13.1 Å². The zero-order chi connectivity index (χ0) is 15.0. The third kappa shape index (κ3) is 2.86. The Kier molecular flexibility index (Phi) is 4.31. The van der Waals surface area contributed by atoms with Gasteiger partial charge in [0, 0.05) is 12.6 Å². The molecule has 0 radical (unpaired) electrons. The van der Waals surface area contributed by atoms with E-state index >= 15 is 0 Å². The molecule has 4 atom stereocenters. The lowest BCUT2D eigenvalue weighted by atomic mass is 9.71. The third-order valence-corrected chi connectivity index (χ3v) is 6.40. The molecule has 1 saturated carbocycles. The number of hydrogen-bond donors (Lipinski definition) is 1. The Morgan fingerprint density at radius 1 is 1.14 bits per heavy atom. The predicted octanol–water partition coefficient (Wildman–Crippen LogP) is 3.19. The molecule has 1 N–H and O–H groups in total. The Morgan fingerprint density at radius 2 is 1.90 bits per heavy atom. The second kappa shape index (κ2) is 5.91. The smallest absolute Gasteiger partial charge is 0.240 e. The highest BCUT2D eigenvalue weighted by Crippen LogP contribution is 2.40. The third-order valence-electron chi connectivity index (χ3n) is 6.40. The van der Waals surface area contributed by atoms with Crippen LogP contribution < -0.4 is 5.32 Å². The Bertz CT molecular complexity index is 393. The number of fused-ring (bicyclic) bond motifs is 1. The van der Waals surface area contributed by atoms with Gasteiger partial charge < -0.3 is 10.2 Å². The van der Waals surface area contributed by atoms with Crippen LogP contribution in [0.1, 0.15) is 65.7 Å². The number of piperidine rings is 2. The molecule has 1 aliphatic carbocycles. The second-order valence-corrected chi connectivity index (χ2v) is 8.29. The maximum atomic E-state index is 13.2. The fraction of sp³-hybridized carbons (Fsp3) is 0.944. The number of hydrogen-bond acceptors (Lipinski definition) is 2. The van der Waals surface area contributed by atoms with Crippen LogP contribution in [0.4, 0.5) is 0 Å². The van der Waals surface area contributed by atoms with Crippen LogP contribution in [-0.4, -0.2) is 36.0 Å². The minimum absolute atomic E-state index is 0.0298. The second-order valence-electron chi connectivity index (χ2n) is 8.29. The van der Waals surface area contributed by atoms with Crippen molar-refractivity contribution < 1.29 is 4.79 Å². The van der Waals surface area contributed by atoms with Crippen molar-refractivity contribution in [3.8, 4) is 0 Å². The summed E-state index contributed by atoms with van der Waals surface area (Å²) in [5.41, 5.74) is 0.0998. The van der Waals surface area contributed by atoms with Crippen molar-refractivity contribution in [3.05, 3.63) is 0 Å². The molecule has 2 heterocycles. The molecular formula is C18H32N2O. The summed E-state index contributed by atoms with van der Waals surface area (Å²) in [5.74, 6) is 1.94. The summed E-state index contributed by atoms with van der Waals surface area (Å²) in [5, 5.41) is 3.52. The molecule has 21 heavy (non-hydrogen) atoms. The summed E-state index contributed by atoms with van der Waals surface area (Å²) in [4.78, 5) is 15.5. The van der Waals surface area contributed by atoms with Crippen LogP contribution in [0.2, 0.25) is 0 Å². The van der Waals surface area contributed by atoms with E-state index in [1.54, 1.807) is 0 Å². The minimum atomic E-state index is 0.0298. The first kappa shape index (κ1) is 15.3. The van der Waals surface area contributed by atoms with Crippen molar-refractivity contribution in [2.24, 2.45) is 17.3 Å². The van der Waals surface area contributed by atoms with Gasteiger partial charge in [-0.1, -0.05) is 33.6 Å². The molecule has 0 bridgehead atoms. The van der Waals surface area contributed by atoms with Gasteiger partial charge in [0.1, 0.15) is 0 Å². The Hall–Kier alpha value is -0.570. The zero-order valence-electron chi connectivity index (χ0n) is 14.0. The fourth-order valence-corrected chi connectivity index (χ4v) is 4.99. The molecule has 3 aliphatic rings. The molecule has 0 aromatic heterocycles. The molecule has 3 fully saturated rings. The highest BCUT2D eigenvalue weighted by atomic mass is 16.2. The molecule has 1 amide bonds. The van der Waals surface area contributed by atoms with Gasteiger partial charge in [0.05, 0.1) is 6.04 Å². The van der Waals surface area contributed by atoms with Gasteiger partial charge >= 0.3 is 0 Å². The summed E-state index contributed by atoms with van der Waals surface area (Å²) < 4.78 is 0. The normalized spacial score (nSPS) is 39.7. The lowest BCUT2D eigenvalue weighted by Gasteiger charge is -2.50. The van der Waals surface area contributed by atoms with Gasteiger partial charge in [0.15, 0.2) is 0 Å². The standard InChI is InChI=1S/C18H32N2O/c1-13-9-12-20(15-8-5-4-7-14(13)15)17(21)16-18(2,3)10-6-11-19-16/h13-16,19H,4-12H2,1-3H3. The maximum absolute atomic E-state index is 13.2. The average Bonchev–Trinajstić information content (AvgIpc) is 2.47. The quantitative estimate of drug-likeness (QED) is 0.805. The molecular weight excluding hydrogens is 260 g/mol. The van der Waals surface area contributed by atoms with E-state index in [9.17, 15) is 4.79 Å². The summed E-state index contributed by atoms with van der Waals surface area (Å²) >= 11 is 0. The summed E-state index contributed by atoms with van der Waals surface area (Å²) in [6.07, 6.45) is 8.78. The van der Waals surface area contributed by atoms with E-state index < -0.39 is 0 Å². The van der Waals surface area contributed by atoms with Gasteiger partial charge in [0.2, 0.25) is 5.91 Å². The number of likely N-dealkylation sites (tertiary alicyclic amines) is 1. The van der Waals surface area contributed by atoms with Gasteiger partial charge in [-0.3, -0.25) is 4.79 Å². The van der Waals surface area contributed by atoms with E-state index in [0.717, 1.165) is 31.3 Å². The number of amides is 1. The van der Waals surface area contributed by atoms with Crippen LogP contribution in [0, 0.1) is 17.3 Å². The van der Waals surface area contributed by atoms with Crippen LogP contribution in [0.3, 0.4) is 0 Å². The molecule has 0 aromatic rings. The van der Waals surface area contributed by atoms with E-state index in [1.807, 2.05) is 0 Å². The van der Waals surface area contributed by atoms with Gasteiger partial charge in [-0.15, -0.1) is 0 Å². The Labute approximate surface area is 129 Å². The van der Waals surface area contributed by atoms with Crippen molar-refractivity contribution in [3.63, 3.8) is 0 Å². The molecule has 3 nitrogen and oxygen atoms in total. The van der Waals surface area contributed by atoms with E-state index in [4.69, 9.17) is 0 Å². The molecule has 2 aliphatic heterocycles. The van der Waals surface area contributed by atoms with E-state index in [1.165, 1.54) is 38.5 Å². The van der Waals surface area contributed by atoms with Gasteiger partial charge in [-0.05, 0) is 55.9 Å². The first-order valence-corrected chi connectivity index (χ1v) is 9.04. The highest BCUT2D eigenvalue weighted by Gasteiger charge is 2.45. The average molecular weight is 292 g/mol. The Balaban J connectivity index is 1.77. The van der Waals surface area contributed by atoms with Crippen molar-refractivity contribution >= 4 is 5.91 Å². The van der Waals surface area contributed by atoms with E-state index in [0.29, 0.717) is 11.9 Å². The summed E-state index contributed by atoms with van der Waals surface area (Å²) in [6, 6.07) is 0.553. The number of rotatable bonds is 1. The number of nitrogens with zero attached hydrogens (tertiary/aromatic N) is 1. The highest BCUT2D eigenvalue weighted by molar-refractivity contribution is 5.83. The van der Waals surface area contributed by atoms with Crippen LogP contribution >= 0.6 is 0 Å². The van der Waals surface area contributed by atoms with Gasteiger partial charge in [-0.25, -0.2) is 0 Å². The molecule has 2 saturated heterocycles. The summed E-state index contributed by atoms with van der Waals surface area (Å²) in [7, 11) is 0. The monoisotopic (exact) mass is 292 g/mol. The van der Waals surface area contributed by atoms with Crippen LogP contribution in [0.5, 0.6) is 0 Å². The largest absolute Gasteiger partial charge is 0.338 e. The van der Waals surface area contributed by atoms with Crippen molar-refractivity contribution in [2.45, 2.75) is 77.8 Å². The first-order valence-electron chi connectivity index (χ1n) is 9.04. The zero-order valence-corrected chi connectivity index (χ0v) is 14.0. The number of carbonyl (C=O) groups is 1. The topological polar surface area (TPSA) is 32.3 Å². The first-order chi connectivity index (χ1) is 10.0. The maximum Gasteiger partial charge on any atom is 0.240 e. The van der Waals surface area contributed by atoms with Crippen LogP contribution in [-0.2, 0) is 4.79 Å². The molecule has 3 rings (SSSR count). The molecule has 3 heteroatoms. The minimum Gasteiger partial charge on any atom is -0.338 e. The Morgan fingerprint density at radius 3 is 2.67 bits per heavy atom. The van der Waals surface area contributed by atoms with Crippen LogP contribution in [0.25, 0.3) is 0 Å². The molecule has 0 spiro atoms. The van der Waals surface area contributed by atoms with E-state index in [-0.39, 0.29) is 11.5 Å². The summed E-state index contributed by atoms with van der Waals surface area (Å²) in [6.45, 7) is 8.89. The lowest BCUT2D eigenvalue weighted by Crippen LogP contribution is -2.61. The van der Waals surface area contributed by atoms with Gasteiger partial charge in [0.25, 0.3) is 0 Å². The predicted molar refractivity (Wildman–Crippen MR) is 86.0 cm³/mol. The van der Waals surface area contributed by atoms with Crippen molar-refractivity contribution in [1.82, 2.24) is 10.2 Å².